The first-order valence-corrected chi connectivity index (χ1v) is 7.11. The third-order valence-corrected chi connectivity index (χ3v) is 4.19. The van der Waals surface area contributed by atoms with Crippen LogP contribution in [-0.4, -0.2) is 38.0 Å². The molecule has 3 heterocycles. The van der Waals surface area contributed by atoms with Gasteiger partial charge in [0, 0.05) is 18.3 Å². The number of rotatable bonds is 2. The van der Waals surface area contributed by atoms with E-state index >= 15 is 0 Å². The summed E-state index contributed by atoms with van der Waals surface area (Å²) in [6.07, 6.45) is 4.78. The number of nitrogens with two attached hydrogens (primary N) is 1. The average Bonchev–Trinajstić information content (AvgIpc) is 2.78. The van der Waals surface area contributed by atoms with Crippen LogP contribution in [0.15, 0.2) is 17.0 Å². The van der Waals surface area contributed by atoms with Gasteiger partial charge in [-0.2, -0.15) is 0 Å². The minimum absolute atomic E-state index is 0.0814. The largest absolute Gasteiger partial charge is 0.480 e. The molecule has 20 heavy (non-hydrogen) atoms. The monoisotopic (exact) mass is 339 g/mol. The van der Waals surface area contributed by atoms with Crippen molar-refractivity contribution in [3.8, 4) is 0 Å². The predicted octanol–water partition coefficient (Wildman–Crippen LogP) is 0.994. The van der Waals surface area contributed by atoms with Gasteiger partial charge in [-0.05, 0) is 35.3 Å². The lowest BCUT2D eigenvalue weighted by atomic mass is 9.92. The molecule has 0 aromatic carbocycles. The fourth-order valence-corrected chi connectivity index (χ4v) is 3.25. The summed E-state index contributed by atoms with van der Waals surface area (Å²) in [5, 5.41) is 12.1. The highest BCUT2D eigenvalue weighted by molar-refractivity contribution is 9.10. The van der Waals surface area contributed by atoms with Crippen molar-refractivity contribution in [1.29, 1.82) is 0 Å². The van der Waals surface area contributed by atoms with Gasteiger partial charge in [-0.1, -0.05) is 0 Å². The van der Waals surface area contributed by atoms with Gasteiger partial charge >= 0.3 is 5.97 Å². The maximum Gasteiger partial charge on any atom is 0.320 e. The molecular formula is C12H14BrN5O2. The number of carboxylic acid groups (broad SMARTS) is 1. The summed E-state index contributed by atoms with van der Waals surface area (Å²) in [4.78, 5) is 19.7. The van der Waals surface area contributed by atoms with E-state index in [1.165, 1.54) is 0 Å². The number of hydrogen-bond acceptors (Lipinski definition) is 5. The maximum absolute atomic E-state index is 11.1. The molecule has 7 nitrogen and oxygen atoms in total. The van der Waals surface area contributed by atoms with E-state index in [1.54, 1.807) is 12.4 Å². The number of anilines is 1. The highest BCUT2D eigenvalue weighted by atomic mass is 79.9. The van der Waals surface area contributed by atoms with Crippen LogP contribution >= 0.6 is 15.9 Å². The summed E-state index contributed by atoms with van der Waals surface area (Å²) >= 11 is 3.40. The van der Waals surface area contributed by atoms with Crippen molar-refractivity contribution in [1.82, 2.24) is 19.7 Å². The first-order chi connectivity index (χ1) is 9.58. The highest BCUT2D eigenvalue weighted by Crippen LogP contribution is 2.31. The number of carbonyl (C=O) groups is 1. The third kappa shape index (κ3) is 2.14. The second-order valence-corrected chi connectivity index (χ2v) is 5.61. The Balaban J connectivity index is 2.02. The number of nitrogens with one attached hydrogen (secondary N) is 1. The Hall–Kier alpha value is -1.67. The standard InChI is InChI=1S/C12H14BrN5O2/c13-9-8-10(14)16-3-4-18(8)11(17-9)6-1-2-15-7(5-6)12(19)20/h3-4,6-7,15H,1-2,5H2,(H2,14,16)(H,19,20)/t6-,7+/m0/s1. The van der Waals surface area contributed by atoms with Gasteiger partial charge in [0.25, 0.3) is 0 Å². The first-order valence-electron chi connectivity index (χ1n) is 6.32. The van der Waals surface area contributed by atoms with Crippen LogP contribution in [-0.2, 0) is 4.79 Å². The zero-order chi connectivity index (χ0) is 14.3. The topological polar surface area (TPSA) is 106 Å². The number of carboxylic acids is 1. The van der Waals surface area contributed by atoms with E-state index in [0.29, 0.717) is 23.4 Å². The van der Waals surface area contributed by atoms with Crippen LogP contribution in [0.25, 0.3) is 5.52 Å². The van der Waals surface area contributed by atoms with Crippen LogP contribution in [0.4, 0.5) is 5.82 Å². The van der Waals surface area contributed by atoms with Crippen molar-refractivity contribution in [3.05, 3.63) is 22.8 Å². The number of imidazole rings is 1. The molecule has 1 aliphatic rings. The van der Waals surface area contributed by atoms with Crippen LogP contribution in [0.3, 0.4) is 0 Å². The van der Waals surface area contributed by atoms with Crippen molar-refractivity contribution in [2.75, 3.05) is 12.3 Å². The minimum Gasteiger partial charge on any atom is -0.480 e. The van der Waals surface area contributed by atoms with E-state index in [2.05, 4.69) is 31.2 Å². The molecule has 8 heteroatoms. The van der Waals surface area contributed by atoms with Gasteiger partial charge in [-0.15, -0.1) is 0 Å². The van der Waals surface area contributed by atoms with Gasteiger partial charge in [0.1, 0.15) is 22.0 Å². The third-order valence-electron chi connectivity index (χ3n) is 3.63. The predicted molar refractivity (Wildman–Crippen MR) is 76.5 cm³/mol. The lowest BCUT2D eigenvalue weighted by Gasteiger charge is -2.26. The highest BCUT2D eigenvalue weighted by Gasteiger charge is 2.30. The van der Waals surface area contributed by atoms with E-state index < -0.39 is 12.0 Å². The average molecular weight is 340 g/mol. The smallest absolute Gasteiger partial charge is 0.320 e. The van der Waals surface area contributed by atoms with Crippen LogP contribution in [0.1, 0.15) is 24.6 Å². The van der Waals surface area contributed by atoms with Crippen LogP contribution in [0.5, 0.6) is 0 Å². The SMILES string of the molecule is Nc1nccn2c([C@H]3CCN[C@@H](C(=O)O)C3)nc(Br)c12. The minimum atomic E-state index is -0.823. The van der Waals surface area contributed by atoms with Crippen molar-refractivity contribution >= 4 is 33.2 Å². The van der Waals surface area contributed by atoms with Crippen molar-refractivity contribution in [3.63, 3.8) is 0 Å². The molecule has 0 bridgehead atoms. The molecule has 4 N–H and O–H groups in total. The van der Waals surface area contributed by atoms with E-state index in [-0.39, 0.29) is 5.92 Å². The molecule has 0 saturated carbocycles. The Morgan fingerprint density at radius 1 is 1.60 bits per heavy atom. The lowest BCUT2D eigenvalue weighted by Crippen LogP contribution is -2.43. The number of aromatic nitrogens is 3. The van der Waals surface area contributed by atoms with Crippen LogP contribution in [0.2, 0.25) is 0 Å². The summed E-state index contributed by atoms with van der Waals surface area (Å²) in [6, 6.07) is -0.529. The molecule has 2 aromatic heterocycles. The van der Waals surface area contributed by atoms with E-state index in [1.807, 2.05) is 4.40 Å². The van der Waals surface area contributed by atoms with Gasteiger partial charge < -0.3 is 16.2 Å². The van der Waals surface area contributed by atoms with E-state index in [0.717, 1.165) is 17.8 Å². The molecule has 0 radical (unpaired) electrons. The summed E-state index contributed by atoms with van der Waals surface area (Å²) in [7, 11) is 0. The Bertz CT molecular complexity index is 671. The Labute approximate surface area is 123 Å². The summed E-state index contributed by atoms with van der Waals surface area (Å²) in [5.41, 5.74) is 6.60. The number of nitrogen functional groups attached to an aromatic ring is 1. The van der Waals surface area contributed by atoms with Gasteiger partial charge in [-0.3, -0.25) is 9.20 Å². The summed E-state index contributed by atoms with van der Waals surface area (Å²) in [6.45, 7) is 0.661. The second kappa shape index (κ2) is 5.02. The summed E-state index contributed by atoms with van der Waals surface area (Å²) < 4.78 is 2.53. The van der Waals surface area contributed by atoms with Gasteiger partial charge in [-0.25, -0.2) is 9.97 Å². The first kappa shape index (κ1) is 13.3. The van der Waals surface area contributed by atoms with Gasteiger partial charge in [0.05, 0.1) is 0 Å². The van der Waals surface area contributed by atoms with Crippen molar-refractivity contribution in [2.45, 2.75) is 24.8 Å². The fourth-order valence-electron chi connectivity index (χ4n) is 2.67. The molecule has 106 valence electrons. The normalized spacial score (nSPS) is 23.1. The Kier molecular flexibility index (Phi) is 3.35. The quantitative estimate of drug-likeness (QED) is 0.753. The number of halogens is 1. The van der Waals surface area contributed by atoms with Crippen LogP contribution in [0, 0.1) is 0 Å². The molecule has 0 aliphatic carbocycles. The van der Waals surface area contributed by atoms with E-state index in [4.69, 9.17) is 10.8 Å². The number of hydrogen-bond donors (Lipinski definition) is 3. The molecule has 0 unspecified atom stereocenters. The lowest BCUT2D eigenvalue weighted by molar-refractivity contribution is -0.140. The van der Waals surface area contributed by atoms with Crippen molar-refractivity contribution in [2.24, 2.45) is 0 Å². The zero-order valence-corrected chi connectivity index (χ0v) is 12.2. The molecule has 1 aliphatic heterocycles. The number of nitrogens with zero attached hydrogens (tertiary/aromatic N) is 3. The molecule has 2 atom stereocenters. The van der Waals surface area contributed by atoms with Crippen LogP contribution < -0.4 is 11.1 Å². The maximum atomic E-state index is 11.1. The fraction of sp³-hybridized carbons (Fsp3) is 0.417. The molecular weight excluding hydrogens is 326 g/mol. The molecule has 0 amide bonds. The zero-order valence-electron chi connectivity index (χ0n) is 10.6. The number of fused-ring (bicyclic) bond motifs is 1. The van der Waals surface area contributed by atoms with Crippen molar-refractivity contribution < 1.29 is 9.90 Å². The summed E-state index contributed by atoms with van der Waals surface area (Å²) in [5.74, 6) is 0.490. The molecule has 1 fully saturated rings. The molecule has 0 spiro atoms. The second-order valence-electron chi connectivity index (χ2n) is 4.86. The van der Waals surface area contributed by atoms with Gasteiger partial charge in [0.2, 0.25) is 0 Å². The number of piperidine rings is 1. The van der Waals surface area contributed by atoms with Gasteiger partial charge in [0.15, 0.2) is 5.82 Å². The Morgan fingerprint density at radius 2 is 2.40 bits per heavy atom. The molecule has 2 aromatic rings. The number of aliphatic carboxylic acids is 1. The molecule has 1 saturated heterocycles. The Morgan fingerprint density at radius 3 is 3.15 bits per heavy atom. The molecule has 3 rings (SSSR count). The van der Waals surface area contributed by atoms with E-state index in [9.17, 15) is 4.79 Å².